The zero-order valence-corrected chi connectivity index (χ0v) is 11.4. The fourth-order valence-corrected chi connectivity index (χ4v) is 2.80. The van der Waals surface area contributed by atoms with Crippen LogP contribution in [0.3, 0.4) is 0 Å². The van der Waals surface area contributed by atoms with Crippen LogP contribution in [-0.2, 0) is 4.79 Å². The zero-order valence-electron chi connectivity index (χ0n) is 10.5. The van der Waals surface area contributed by atoms with Gasteiger partial charge in [0, 0.05) is 12.5 Å². The second kappa shape index (κ2) is 6.15. The first-order chi connectivity index (χ1) is 7.98. The van der Waals surface area contributed by atoms with Gasteiger partial charge in [0.05, 0.1) is 12.6 Å². The van der Waals surface area contributed by atoms with Gasteiger partial charge in [0.25, 0.3) is 5.92 Å². The maximum absolute atomic E-state index is 13.0. The van der Waals surface area contributed by atoms with Gasteiger partial charge < -0.3 is 5.32 Å². The Morgan fingerprint density at radius 2 is 2.00 bits per heavy atom. The van der Waals surface area contributed by atoms with E-state index in [1.54, 1.807) is 0 Å². The molecule has 2 rings (SSSR count). The molecule has 2 aliphatic rings. The van der Waals surface area contributed by atoms with E-state index in [4.69, 9.17) is 0 Å². The summed E-state index contributed by atoms with van der Waals surface area (Å²) in [4.78, 5) is 11.8. The Morgan fingerprint density at radius 1 is 1.39 bits per heavy atom. The minimum absolute atomic E-state index is 0. The molecule has 2 fully saturated rings. The van der Waals surface area contributed by atoms with E-state index in [1.807, 2.05) is 6.92 Å². The van der Waals surface area contributed by atoms with Crippen LogP contribution in [0, 0.1) is 5.92 Å². The lowest BCUT2D eigenvalue weighted by atomic mass is 9.99. The molecule has 2 N–H and O–H groups in total. The fraction of sp³-hybridized carbons (Fsp3) is 0.917. The minimum Gasteiger partial charge on any atom is -0.352 e. The van der Waals surface area contributed by atoms with Crippen LogP contribution in [0.4, 0.5) is 8.78 Å². The zero-order chi connectivity index (χ0) is 12.5. The number of alkyl halides is 2. The molecule has 1 saturated carbocycles. The van der Waals surface area contributed by atoms with Gasteiger partial charge in [0.2, 0.25) is 5.91 Å². The van der Waals surface area contributed by atoms with Gasteiger partial charge >= 0.3 is 0 Å². The summed E-state index contributed by atoms with van der Waals surface area (Å²) in [6.45, 7) is 1.59. The van der Waals surface area contributed by atoms with E-state index in [9.17, 15) is 13.6 Å². The molecule has 0 aromatic rings. The van der Waals surface area contributed by atoms with Gasteiger partial charge in [-0.15, -0.1) is 12.4 Å². The lowest BCUT2D eigenvalue weighted by molar-refractivity contribution is -0.124. The number of carbonyl (C=O) groups excluding carboxylic acids is 1. The molecule has 2 unspecified atom stereocenters. The summed E-state index contributed by atoms with van der Waals surface area (Å²) in [5.41, 5.74) is 0. The Hall–Kier alpha value is -0.420. The molecule has 0 bridgehead atoms. The smallest absolute Gasteiger partial charge is 0.262 e. The molecule has 18 heavy (non-hydrogen) atoms. The van der Waals surface area contributed by atoms with Crippen molar-refractivity contribution in [2.75, 3.05) is 6.54 Å². The predicted molar refractivity (Wildman–Crippen MR) is 68.2 cm³/mol. The van der Waals surface area contributed by atoms with Gasteiger partial charge in [0.1, 0.15) is 0 Å². The molecule has 1 aliphatic heterocycles. The molecule has 1 aliphatic carbocycles. The molecule has 0 aromatic heterocycles. The van der Waals surface area contributed by atoms with Crippen LogP contribution in [0.15, 0.2) is 0 Å². The lowest BCUT2D eigenvalue weighted by Crippen LogP contribution is -2.46. The maximum atomic E-state index is 13.0. The van der Waals surface area contributed by atoms with Crippen LogP contribution in [0.25, 0.3) is 0 Å². The Balaban J connectivity index is 0.00000162. The average molecular weight is 283 g/mol. The number of carbonyl (C=O) groups is 1. The molecule has 0 spiro atoms. The van der Waals surface area contributed by atoms with Crippen molar-refractivity contribution >= 4 is 18.3 Å². The van der Waals surface area contributed by atoms with Gasteiger partial charge in [-0.3, -0.25) is 10.1 Å². The summed E-state index contributed by atoms with van der Waals surface area (Å²) < 4.78 is 25.9. The molecular formula is C12H21ClF2N2O. The molecule has 106 valence electrons. The highest BCUT2D eigenvalue weighted by Crippen LogP contribution is 2.28. The number of hydrogen-bond acceptors (Lipinski definition) is 2. The average Bonchev–Trinajstić information content (AvgIpc) is 2.86. The van der Waals surface area contributed by atoms with E-state index >= 15 is 0 Å². The van der Waals surface area contributed by atoms with Crippen molar-refractivity contribution in [1.29, 1.82) is 0 Å². The van der Waals surface area contributed by atoms with Crippen LogP contribution in [0.1, 0.15) is 39.0 Å². The van der Waals surface area contributed by atoms with Crippen molar-refractivity contribution in [1.82, 2.24) is 10.6 Å². The van der Waals surface area contributed by atoms with Gasteiger partial charge in [-0.05, 0) is 25.7 Å². The first-order valence-corrected chi connectivity index (χ1v) is 6.39. The van der Waals surface area contributed by atoms with Crippen LogP contribution >= 0.6 is 12.4 Å². The van der Waals surface area contributed by atoms with E-state index in [0.29, 0.717) is 5.92 Å². The molecule has 6 heteroatoms. The Bertz CT molecular complexity index is 296. The highest BCUT2D eigenvalue weighted by molar-refractivity contribution is 5.85. The highest BCUT2D eigenvalue weighted by atomic mass is 35.5. The molecule has 1 heterocycles. The van der Waals surface area contributed by atoms with E-state index in [-0.39, 0.29) is 37.3 Å². The molecule has 0 aromatic carbocycles. The summed E-state index contributed by atoms with van der Waals surface area (Å²) >= 11 is 0. The second-order valence-electron chi connectivity index (χ2n) is 5.34. The molecule has 0 radical (unpaired) electrons. The predicted octanol–water partition coefficient (Wildman–Crippen LogP) is 2.10. The summed E-state index contributed by atoms with van der Waals surface area (Å²) in [6.07, 6.45) is 4.32. The van der Waals surface area contributed by atoms with Crippen LogP contribution in [0.2, 0.25) is 0 Å². The SMILES string of the molecule is CC(NC(=O)C1CC(F)(F)CN1)C1CCCC1.Cl. The minimum atomic E-state index is -2.74. The highest BCUT2D eigenvalue weighted by Gasteiger charge is 2.42. The summed E-state index contributed by atoms with van der Waals surface area (Å²) in [6, 6.07) is -0.630. The molecular weight excluding hydrogens is 262 g/mol. The lowest BCUT2D eigenvalue weighted by Gasteiger charge is -2.22. The van der Waals surface area contributed by atoms with Crippen molar-refractivity contribution in [2.45, 2.75) is 57.0 Å². The molecule has 2 atom stereocenters. The summed E-state index contributed by atoms with van der Waals surface area (Å²) in [5.74, 6) is -2.50. The number of halogens is 3. The number of amides is 1. The van der Waals surface area contributed by atoms with Crippen molar-refractivity contribution < 1.29 is 13.6 Å². The number of hydrogen-bond donors (Lipinski definition) is 2. The van der Waals surface area contributed by atoms with E-state index in [0.717, 1.165) is 12.8 Å². The fourth-order valence-electron chi connectivity index (χ4n) is 2.80. The Labute approximate surface area is 112 Å². The van der Waals surface area contributed by atoms with Gasteiger partial charge in [0.15, 0.2) is 0 Å². The summed E-state index contributed by atoms with van der Waals surface area (Å²) in [7, 11) is 0. The standard InChI is InChI=1S/C12H20F2N2O.ClH/c1-8(9-4-2-3-5-9)16-11(17)10-6-12(13,14)7-15-10;/h8-10,15H,2-7H2,1H3,(H,16,17);1H. The quantitative estimate of drug-likeness (QED) is 0.832. The van der Waals surface area contributed by atoms with Crippen LogP contribution in [-0.4, -0.2) is 30.5 Å². The number of rotatable bonds is 3. The van der Waals surface area contributed by atoms with Gasteiger partial charge in [-0.1, -0.05) is 12.8 Å². The molecule has 1 amide bonds. The number of nitrogens with one attached hydrogen (secondary N) is 2. The third-order valence-corrected chi connectivity index (χ3v) is 3.90. The molecule has 3 nitrogen and oxygen atoms in total. The van der Waals surface area contributed by atoms with Crippen LogP contribution in [0.5, 0.6) is 0 Å². The Morgan fingerprint density at radius 3 is 2.50 bits per heavy atom. The van der Waals surface area contributed by atoms with E-state index in [2.05, 4.69) is 10.6 Å². The monoisotopic (exact) mass is 282 g/mol. The summed E-state index contributed by atoms with van der Waals surface area (Å²) in [5, 5.41) is 5.45. The van der Waals surface area contributed by atoms with Crippen molar-refractivity contribution in [3.63, 3.8) is 0 Å². The van der Waals surface area contributed by atoms with Gasteiger partial charge in [-0.25, -0.2) is 8.78 Å². The maximum Gasteiger partial charge on any atom is 0.262 e. The van der Waals surface area contributed by atoms with E-state index < -0.39 is 12.0 Å². The Kier molecular flexibility index (Phi) is 5.34. The second-order valence-corrected chi connectivity index (χ2v) is 5.34. The van der Waals surface area contributed by atoms with E-state index in [1.165, 1.54) is 12.8 Å². The first kappa shape index (κ1) is 15.6. The third kappa shape index (κ3) is 3.79. The van der Waals surface area contributed by atoms with Crippen molar-refractivity contribution in [3.8, 4) is 0 Å². The first-order valence-electron chi connectivity index (χ1n) is 6.39. The largest absolute Gasteiger partial charge is 0.352 e. The molecule has 1 saturated heterocycles. The van der Waals surface area contributed by atoms with Crippen LogP contribution < -0.4 is 10.6 Å². The van der Waals surface area contributed by atoms with Crippen molar-refractivity contribution in [3.05, 3.63) is 0 Å². The van der Waals surface area contributed by atoms with Crippen molar-refractivity contribution in [2.24, 2.45) is 5.92 Å². The third-order valence-electron chi connectivity index (χ3n) is 3.90. The normalized spacial score (nSPS) is 28.7. The van der Waals surface area contributed by atoms with Gasteiger partial charge in [-0.2, -0.15) is 0 Å². The topological polar surface area (TPSA) is 41.1 Å².